The number of nitrogens with one attached hydrogen (secondary N) is 1. The Morgan fingerprint density at radius 3 is 2.36 bits per heavy atom. The molecule has 0 bridgehead atoms. The first kappa shape index (κ1) is 26.8. The van der Waals surface area contributed by atoms with Crippen LogP contribution in [0.15, 0.2) is 71.9 Å². The zero-order valence-electron chi connectivity index (χ0n) is 20.4. The molecule has 1 amide bonds. The summed E-state index contributed by atoms with van der Waals surface area (Å²) in [6, 6.07) is 19.9. The zero-order valence-corrected chi connectivity index (χ0v) is 22.8. The maximum Gasteiger partial charge on any atom is 0.254 e. The molecular formula is C28H32Cl2N4OS. The predicted octanol–water partition coefficient (Wildman–Crippen LogP) is 6.36. The van der Waals surface area contributed by atoms with Gasteiger partial charge in [-0.05, 0) is 56.0 Å². The highest BCUT2D eigenvalue weighted by molar-refractivity contribution is 7.80. The van der Waals surface area contributed by atoms with Crippen molar-refractivity contribution in [2.24, 2.45) is 0 Å². The van der Waals surface area contributed by atoms with Crippen molar-refractivity contribution in [1.82, 2.24) is 15.2 Å². The number of carbonyl (C=O) groups excluding carboxylic acids is 1. The third-order valence-electron chi connectivity index (χ3n) is 6.87. The molecule has 1 unspecified atom stereocenters. The van der Waals surface area contributed by atoms with Gasteiger partial charge in [-0.1, -0.05) is 53.5 Å². The van der Waals surface area contributed by atoms with Gasteiger partial charge in [0.1, 0.15) is 0 Å². The van der Waals surface area contributed by atoms with Crippen molar-refractivity contribution in [3.8, 4) is 0 Å². The number of carbonyl (C=O) groups is 1. The molecule has 1 fully saturated rings. The molecule has 0 saturated carbocycles. The summed E-state index contributed by atoms with van der Waals surface area (Å²) in [6.45, 7) is 5.73. The number of aromatic nitrogens is 1. The molecule has 36 heavy (non-hydrogen) atoms. The number of hydrogen-bond acceptors (Lipinski definition) is 5. The number of piperidine rings is 1. The van der Waals surface area contributed by atoms with Crippen LogP contribution in [-0.2, 0) is 6.54 Å². The molecule has 8 heteroatoms. The van der Waals surface area contributed by atoms with Crippen LogP contribution in [0.3, 0.4) is 0 Å². The summed E-state index contributed by atoms with van der Waals surface area (Å²) in [7, 11) is 0. The molecule has 3 aromatic rings. The van der Waals surface area contributed by atoms with Crippen LogP contribution >= 0.6 is 35.8 Å². The van der Waals surface area contributed by atoms with E-state index in [1.54, 1.807) is 0 Å². The summed E-state index contributed by atoms with van der Waals surface area (Å²) in [6.07, 6.45) is 5.91. The number of thiol groups is 1. The van der Waals surface area contributed by atoms with Gasteiger partial charge in [-0.25, -0.2) is 0 Å². The lowest BCUT2D eigenvalue weighted by atomic mass is 9.99. The molecule has 0 aliphatic carbocycles. The molecule has 1 atom stereocenters. The van der Waals surface area contributed by atoms with Crippen LogP contribution < -0.4 is 10.2 Å². The van der Waals surface area contributed by atoms with Crippen molar-refractivity contribution in [2.45, 2.75) is 49.7 Å². The molecular weight excluding hydrogens is 511 g/mol. The van der Waals surface area contributed by atoms with E-state index >= 15 is 0 Å². The Labute approximate surface area is 229 Å². The van der Waals surface area contributed by atoms with E-state index in [4.69, 9.17) is 23.2 Å². The molecule has 0 radical (unpaired) electrons. The van der Waals surface area contributed by atoms with Crippen LogP contribution in [0.2, 0.25) is 10.0 Å². The fourth-order valence-corrected chi connectivity index (χ4v) is 5.47. The second kappa shape index (κ2) is 12.8. The van der Waals surface area contributed by atoms with E-state index in [-0.39, 0.29) is 21.5 Å². The molecule has 2 heterocycles. The minimum atomic E-state index is -0.262. The third kappa shape index (κ3) is 6.94. The standard InChI is InChI=1S/C28H32Cl2N4OS/c1-20(11-14-32-28(35)27-25(29)17-31-18-26(27)30)33-15-12-23(13-16-33)34(19-21-5-3-2-4-6-21)22-7-9-24(36)10-8-22/h2-10,17-18,20,23,36H,11-16,19H2,1H3,(H,32,35). The van der Waals surface area contributed by atoms with Gasteiger partial charge in [-0.2, -0.15) is 0 Å². The number of amides is 1. The molecule has 1 aromatic heterocycles. The first-order chi connectivity index (χ1) is 17.4. The largest absolute Gasteiger partial charge is 0.364 e. The Bertz CT molecular complexity index is 1120. The number of pyridine rings is 1. The number of benzene rings is 2. The topological polar surface area (TPSA) is 48.5 Å². The Morgan fingerprint density at radius 1 is 1.08 bits per heavy atom. The van der Waals surface area contributed by atoms with Crippen molar-refractivity contribution in [3.05, 3.63) is 88.2 Å². The van der Waals surface area contributed by atoms with Crippen molar-refractivity contribution < 1.29 is 4.79 Å². The first-order valence-corrected chi connectivity index (χ1v) is 13.5. The number of likely N-dealkylation sites (tertiary alicyclic amines) is 1. The van der Waals surface area contributed by atoms with E-state index in [9.17, 15) is 4.79 Å². The van der Waals surface area contributed by atoms with E-state index in [1.807, 2.05) is 0 Å². The van der Waals surface area contributed by atoms with E-state index < -0.39 is 0 Å². The van der Waals surface area contributed by atoms with Crippen LogP contribution in [0.4, 0.5) is 5.69 Å². The van der Waals surface area contributed by atoms with Crippen LogP contribution in [0, 0.1) is 0 Å². The fraction of sp³-hybridized carbons (Fsp3) is 0.357. The van der Waals surface area contributed by atoms with E-state index in [0.717, 1.165) is 43.8 Å². The summed E-state index contributed by atoms with van der Waals surface area (Å²) < 4.78 is 0. The Morgan fingerprint density at radius 2 is 1.72 bits per heavy atom. The molecule has 5 nitrogen and oxygen atoms in total. The summed E-state index contributed by atoms with van der Waals surface area (Å²) in [5.74, 6) is -0.262. The summed E-state index contributed by atoms with van der Waals surface area (Å²) in [5.41, 5.74) is 2.83. The second-order valence-corrected chi connectivity index (χ2v) is 10.6. The van der Waals surface area contributed by atoms with Gasteiger partial charge in [0, 0.05) is 61.2 Å². The Hall–Kier alpha value is -2.25. The van der Waals surface area contributed by atoms with Gasteiger partial charge in [0.15, 0.2) is 0 Å². The third-order valence-corrected chi connectivity index (χ3v) is 7.74. The number of halogens is 2. The van der Waals surface area contributed by atoms with Crippen molar-refractivity contribution in [3.63, 3.8) is 0 Å². The van der Waals surface area contributed by atoms with Crippen LogP contribution in [0.25, 0.3) is 0 Å². The summed E-state index contributed by atoms with van der Waals surface area (Å²) >= 11 is 16.7. The molecule has 1 N–H and O–H groups in total. The minimum Gasteiger partial charge on any atom is -0.364 e. The highest BCUT2D eigenvalue weighted by Gasteiger charge is 2.27. The SMILES string of the molecule is CC(CCNC(=O)c1c(Cl)cncc1Cl)N1CCC(N(Cc2ccccc2)c2ccc(S)cc2)CC1. The van der Waals surface area contributed by atoms with Gasteiger partial charge < -0.3 is 15.1 Å². The molecule has 0 spiro atoms. The number of nitrogens with zero attached hydrogens (tertiary/aromatic N) is 3. The van der Waals surface area contributed by atoms with Gasteiger partial charge >= 0.3 is 0 Å². The lowest BCUT2D eigenvalue weighted by molar-refractivity contribution is 0.0945. The van der Waals surface area contributed by atoms with Crippen LogP contribution in [-0.4, -0.2) is 47.5 Å². The second-order valence-electron chi connectivity index (χ2n) is 9.27. The lowest BCUT2D eigenvalue weighted by Gasteiger charge is -2.42. The highest BCUT2D eigenvalue weighted by atomic mass is 35.5. The molecule has 1 aliphatic heterocycles. The van der Waals surface area contributed by atoms with Crippen molar-refractivity contribution in [2.75, 3.05) is 24.5 Å². The Kier molecular flexibility index (Phi) is 9.54. The number of anilines is 1. The first-order valence-electron chi connectivity index (χ1n) is 12.3. The Balaban J connectivity index is 1.31. The average molecular weight is 544 g/mol. The lowest BCUT2D eigenvalue weighted by Crippen LogP contribution is -2.48. The van der Waals surface area contributed by atoms with Gasteiger partial charge in [0.05, 0.1) is 15.6 Å². The monoisotopic (exact) mass is 542 g/mol. The number of rotatable bonds is 9. The zero-order chi connectivity index (χ0) is 25.5. The van der Waals surface area contributed by atoms with Crippen LogP contribution in [0.5, 0.6) is 0 Å². The minimum absolute atomic E-state index is 0.262. The molecule has 190 valence electrons. The molecule has 1 saturated heterocycles. The van der Waals surface area contributed by atoms with Gasteiger partial charge in [-0.3, -0.25) is 9.78 Å². The average Bonchev–Trinajstić information content (AvgIpc) is 2.88. The van der Waals surface area contributed by atoms with Crippen LogP contribution in [0.1, 0.15) is 42.1 Å². The van der Waals surface area contributed by atoms with Gasteiger partial charge in [0.2, 0.25) is 0 Å². The fourth-order valence-electron chi connectivity index (χ4n) is 4.79. The molecule has 2 aromatic carbocycles. The van der Waals surface area contributed by atoms with E-state index in [0.29, 0.717) is 18.6 Å². The smallest absolute Gasteiger partial charge is 0.254 e. The predicted molar refractivity (Wildman–Crippen MR) is 152 cm³/mol. The quantitative estimate of drug-likeness (QED) is 0.309. The normalized spacial score (nSPS) is 15.4. The van der Waals surface area contributed by atoms with Crippen molar-refractivity contribution in [1.29, 1.82) is 0 Å². The number of hydrogen-bond donors (Lipinski definition) is 2. The summed E-state index contributed by atoms with van der Waals surface area (Å²) in [5, 5.41) is 3.48. The van der Waals surface area contributed by atoms with Gasteiger partial charge in [-0.15, -0.1) is 12.6 Å². The van der Waals surface area contributed by atoms with Crippen molar-refractivity contribution >= 4 is 47.4 Å². The van der Waals surface area contributed by atoms with E-state index in [2.05, 4.69) is 94.3 Å². The maximum absolute atomic E-state index is 12.5. The molecule has 4 rings (SSSR count). The summed E-state index contributed by atoms with van der Waals surface area (Å²) in [4.78, 5) is 22.5. The van der Waals surface area contributed by atoms with Gasteiger partial charge in [0.25, 0.3) is 5.91 Å². The van der Waals surface area contributed by atoms with E-state index in [1.165, 1.54) is 23.6 Å². The molecule has 1 aliphatic rings. The maximum atomic E-state index is 12.5. The highest BCUT2D eigenvalue weighted by Crippen LogP contribution is 2.28.